The maximum absolute atomic E-state index is 10.5. The van der Waals surface area contributed by atoms with Gasteiger partial charge in [-0.25, -0.2) is 0 Å². The Hall–Kier alpha value is -0.830. The molecule has 0 unspecified atom stereocenters. The lowest BCUT2D eigenvalue weighted by Crippen LogP contribution is -2.39. The van der Waals surface area contributed by atoms with Gasteiger partial charge in [0.25, 0.3) is 0 Å². The van der Waals surface area contributed by atoms with Gasteiger partial charge in [-0.3, -0.25) is 4.79 Å². The van der Waals surface area contributed by atoms with E-state index in [0.717, 1.165) is 6.42 Å². The Labute approximate surface area is 97.8 Å². The lowest BCUT2D eigenvalue weighted by molar-refractivity contribution is -0.154. The van der Waals surface area contributed by atoms with E-state index < -0.39 is 0 Å². The standard InChI is InChI=1S/C13H22O3/c1-10(2)12-5-6-13(12,4)7-8-15-9-16-11(3)14/h12H,1,5-9H2,2-4H3/t12-,13+/m0/s1. The molecule has 1 saturated carbocycles. The molecule has 1 aliphatic carbocycles. The highest BCUT2D eigenvalue weighted by Crippen LogP contribution is 2.51. The average Bonchev–Trinajstić information content (AvgIpc) is 2.13. The summed E-state index contributed by atoms with van der Waals surface area (Å²) in [6.07, 6.45) is 3.49. The summed E-state index contributed by atoms with van der Waals surface area (Å²) >= 11 is 0. The van der Waals surface area contributed by atoms with E-state index in [1.54, 1.807) is 0 Å². The van der Waals surface area contributed by atoms with Gasteiger partial charge in [-0.1, -0.05) is 19.1 Å². The quantitative estimate of drug-likeness (QED) is 0.302. The molecule has 0 spiro atoms. The van der Waals surface area contributed by atoms with Gasteiger partial charge in [-0.2, -0.15) is 0 Å². The van der Waals surface area contributed by atoms with Crippen LogP contribution in [0.1, 0.15) is 40.0 Å². The van der Waals surface area contributed by atoms with Crippen LogP contribution in [0.15, 0.2) is 12.2 Å². The van der Waals surface area contributed by atoms with Crippen molar-refractivity contribution in [3.63, 3.8) is 0 Å². The zero-order valence-corrected chi connectivity index (χ0v) is 10.5. The number of hydrogen-bond donors (Lipinski definition) is 0. The second kappa shape index (κ2) is 5.48. The fourth-order valence-corrected chi connectivity index (χ4v) is 2.41. The van der Waals surface area contributed by atoms with E-state index in [1.165, 1.54) is 25.3 Å². The predicted octanol–water partition coefficient (Wildman–Crippen LogP) is 2.91. The molecule has 0 bridgehead atoms. The molecule has 2 atom stereocenters. The molecule has 16 heavy (non-hydrogen) atoms. The minimum atomic E-state index is -0.297. The van der Waals surface area contributed by atoms with Gasteiger partial charge in [0.1, 0.15) is 0 Å². The molecule has 1 rings (SSSR count). The Morgan fingerprint density at radius 2 is 2.19 bits per heavy atom. The molecule has 0 heterocycles. The first-order chi connectivity index (χ1) is 7.46. The summed E-state index contributed by atoms with van der Waals surface area (Å²) in [6.45, 7) is 10.5. The van der Waals surface area contributed by atoms with Gasteiger partial charge in [0.2, 0.25) is 0 Å². The van der Waals surface area contributed by atoms with Crippen LogP contribution < -0.4 is 0 Å². The van der Waals surface area contributed by atoms with Crippen molar-refractivity contribution in [2.75, 3.05) is 13.4 Å². The van der Waals surface area contributed by atoms with Gasteiger partial charge in [0.15, 0.2) is 6.79 Å². The smallest absolute Gasteiger partial charge is 0.304 e. The van der Waals surface area contributed by atoms with Crippen LogP contribution in [0.4, 0.5) is 0 Å². The maximum Gasteiger partial charge on any atom is 0.304 e. The van der Waals surface area contributed by atoms with Crippen molar-refractivity contribution in [1.82, 2.24) is 0 Å². The first-order valence-electron chi connectivity index (χ1n) is 5.82. The van der Waals surface area contributed by atoms with Gasteiger partial charge in [-0.05, 0) is 37.5 Å². The molecular weight excluding hydrogens is 204 g/mol. The van der Waals surface area contributed by atoms with E-state index in [9.17, 15) is 4.79 Å². The van der Waals surface area contributed by atoms with Crippen LogP contribution in [0.25, 0.3) is 0 Å². The summed E-state index contributed by atoms with van der Waals surface area (Å²) in [5.74, 6) is 0.333. The maximum atomic E-state index is 10.5. The van der Waals surface area contributed by atoms with Gasteiger partial charge < -0.3 is 9.47 Å². The molecule has 0 N–H and O–H groups in total. The first kappa shape index (κ1) is 13.2. The van der Waals surface area contributed by atoms with E-state index >= 15 is 0 Å². The van der Waals surface area contributed by atoms with Gasteiger partial charge in [-0.15, -0.1) is 0 Å². The number of allylic oxidation sites excluding steroid dienone is 1. The molecule has 1 fully saturated rings. The van der Waals surface area contributed by atoms with Crippen molar-refractivity contribution < 1.29 is 14.3 Å². The summed E-state index contributed by atoms with van der Waals surface area (Å²) in [6, 6.07) is 0. The van der Waals surface area contributed by atoms with E-state index in [2.05, 4.69) is 20.4 Å². The summed E-state index contributed by atoms with van der Waals surface area (Å²) in [7, 11) is 0. The molecule has 1 aliphatic rings. The van der Waals surface area contributed by atoms with E-state index in [1.807, 2.05) is 0 Å². The second-order valence-electron chi connectivity index (χ2n) is 5.00. The average molecular weight is 226 g/mol. The SMILES string of the molecule is C=C(C)[C@@H]1CC[C@]1(C)CCOCOC(C)=O. The third-order valence-electron chi connectivity index (χ3n) is 3.60. The van der Waals surface area contributed by atoms with Crippen molar-refractivity contribution in [1.29, 1.82) is 0 Å². The number of rotatable bonds is 6. The van der Waals surface area contributed by atoms with Crippen LogP contribution in [0, 0.1) is 11.3 Å². The van der Waals surface area contributed by atoms with Crippen molar-refractivity contribution >= 4 is 5.97 Å². The monoisotopic (exact) mass is 226 g/mol. The van der Waals surface area contributed by atoms with Gasteiger partial charge >= 0.3 is 5.97 Å². The molecule has 0 aromatic carbocycles. The van der Waals surface area contributed by atoms with Crippen LogP contribution in [0.5, 0.6) is 0 Å². The van der Waals surface area contributed by atoms with Crippen LogP contribution in [0.2, 0.25) is 0 Å². The third kappa shape index (κ3) is 3.34. The number of ether oxygens (including phenoxy) is 2. The Bertz CT molecular complexity index is 272. The Kier molecular flexibility index (Phi) is 4.54. The lowest BCUT2D eigenvalue weighted by atomic mass is 9.57. The molecule has 3 nitrogen and oxygen atoms in total. The van der Waals surface area contributed by atoms with Gasteiger partial charge in [0, 0.05) is 6.92 Å². The second-order valence-corrected chi connectivity index (χ2v) is 5.00. The van der Waals surface area contributed by atoms with Gasteiger partial charge in [0.05, 0.1) is 6.61 Å². The van der Waals surface area contributed by atoms with Crippen molar-refractivity contribution in [3.05, 3.63) is 12.2 Å². The summed E-state index contributed by atoms with van der Waals surface area (Å²) in [4.78, 5) is 10.5. The van der Waals surface area contributed by atoms with Crippen LogP contribution in [-0.4, -0.2) is 19.4 Å². The minimum Gasteiger partial charge on any atom is -0.439 e. The number of carbonyl (C=O) groups is 1. The Morgan fingerprint density at radius 1 is 1.50 bits per heavy atom. The van der Waals surface area contributed by atoms with Crippen molar-refractivity contribution in [2.24, 2.45) is 11.3 Å². The molecule has 0 radical (unpaired) electrons. The highest BCUT2D eigenvalue weighted by atomic mass is 16.7. The zero-order chi connectivity index (χ0) is 12.2. The summed E-state index contributed by atoms with van der Waals surface area (Å²) < 4.78 is 9.98. The molecule has 0 amide bonds. The number of esters is 1. The molecule has 0 aromatic heterocycles. The third-order valence-corrected chi connectivity index (χ3v) is 3.60. The van der Waals surface area contributed by atoms with E-state index in [-0.39, 0.29) is 12.8 Å². The molecule has 0 aromatic rings. The molecular formula is C13H22O3. The highest BCUT2D eigenvalue weighted by Gasteiger charge is 2.42. The predicted molar refractivity (Wildman–Crippen MR) is 62.8 cm³/mol. The van der Waals surface area contributed by atoms with E-state index in [0.29, 0.717) is 17.9 Å². The largest absolute Gasteiger partial charge is 0.439 e. The molecule has 3 heteroatoms. The van der Waals surface area contributed by atoms with Crippen LogP contribution in [-0.2, 0) is 14.3 Å². The first-order valence-corrected chi connectivity index (χ1v) is 5.82. The summed E-state index contributed by atoms with van der Waals surface area (Å²) in [5.41, 5.74) is 1.61. The summed E-state index contributed by atoms with van der Waals surface area (Å²) in [5, 5.41) is 0. The minimum absolute atomic E-state index is 0.0726. The fraction of sp³-hybridized carbons (Fsp3) is 0.769. The Balaban J connectivity index is 2.17. The topological polar surface area (TPSA) is 35.5 Å². The lowest BCUT2D eigenvalue weighted by Gasteiger charge is -2.48. The van der Waals surface area contributed by atoms with Crippen LogP contribution >= 0.6 is 0 Å². The van der Waals surface area contributed by atoms with E-state index in [4.69, 9.17) is 9.47 Å². The molecule has 0 aliphatic heterocycles. The molecule has 92 valence electrons. The van der Waals surface area contributed by atoms with Crippen molar-refractivity contribution in [2.45, 2.75) is 40.0 Å². The van der Waals surface area contributed by atoms with Crippen LogP contribution in [0.3, 0.4) is 0 Å². The fourth-order valence-electron chi connectivity index (χ4n) is 2.41. The molecule has 0 saturated heterocycles. The normalized spacial score (nSPS) is 28.3. The Morgan fingerprint density at radius 3 is 2.62 bits per heavy atom. The zero-order valence-electron chi connectivity index (χ0n) is 10.5. The number of hydrogen-bond acceptors (Lipinski definition) is 3. The highest BCUT2D eigenvalue weighted by molar-refractivity contribution is 5.65. The van der Waals surface area contributed by atoms with Crippen molar-refractivity contribution in [3.8, 4) is 0 Å². The number of carbonyl (C=O) groups excluding carboxylic acids is 1.